The highest BCUT2D eigenvalue weighted by Crippen LogP contribution is 2.33. The summed E-state index contributed by atoms with van der Waals surface area (Å²) in [6.07, 6.45) is 3.97. The molecule has 1 fully saturated rings. The van der Waals surface area contributed by atoms with Gasteiger partial charge in [-0.15, -0.1) is 24.8 Å². The van der Waals surface area contributed by atoms with E-state index in [1.54, 1.807) is 18.3 Å². The molecule has 7 heteroatoms. The molecule has 0 saturated carbocycles. The van der Waals surface area contributed by atoms with E-state index in [0.29, 0.717) is 25.2 Å². The van der Waals surface area contributed by atoms with Gasteiger partial charge in [-0.05, 0) is 71.7 Å². The van der Waals surface area contributed by atoms with Gasteiger partial charge in [0.15, 0.2) is 0 Å². The van der Waals surface area contributed by atoms with Crippen LogP contribution in [0.15, 0.2) is 60.8 Å². The molecule has 1 amide bonds. The predicted molar refractivity (Wildman–Crippen MR) is 136 cm³/mol. The molecule has 33 heavy (non-hydrogen) atoms. The van der Waals surface area contributed by atoms with Gasteiger partial charge in [-0.2, -0.15) is 0 Å². The summed E-state index contributed by atoms with van der Waals surface area (Å²) >= 11 is 0. The van der Waals surface area contributed by atoms with Crippen LogP contribution in [0.4, 0.5) is 4.39 Å². The van der Waals surface area contributed by atoms with E-state index < -0.39 is 0 Å². The van der Waals surface area contributed by atoms with E-state index in [1.165, 1.54) is 17.2 Å². The third-order valence-corrected chi connectivity index (χ3v) is 6.09. The van der Waals surface area contributed by atoms with E-state index in [1.807, 2.05) is 24.0 Å². The fourth-order valence-electron chi connectivity index (χ4n) is 4.19. The average molecular weight is 490 g/mol. The molecule has 0 atom stereocenters. The van der Waals surface area contributed by atoms with Crippen molar-refractivity contribution in [1.82, 2.24) is 9.88 Å². The van der Waals surface area contributed by atoms with Crippen LogP contribution in [0.1, 0.15) is 52.9 Å². The number of nitrogens with two attached hydrogens (primary N) is 1. The molecule has 0 spiro atoms. The van der Waals surface area contributed by atoms with Gasteiger partial charge in [0.25, 0.3) is 5.91 Å². The minimum absolute atomic E-state index is 0. The molecule has 4 nitrogen and oxygen atoms in total. The van der Waals surface area contributed by atoms with Crippen molar-refractivity contribution in [3.05, 3.63) is 89.0 Å². The lowest BCUT2D eigenvalue weighted by molar-refractivity contribution is 0.0710. The van der Waals surface area contributed by atoms with Crippen LogP contribution in [0, 0.1) is 5.82 Å². The summed E-state index contributed by atoms with van der Waals surface area (Å²) in [5, 5.41) is 0. The summed E-state index contributed by atoms with van der Waals surface area (Å²) in [5.74, 6) is -0.0165. The Morgan fingerprint density at radius 1 is 1.06 bits per heavy atom. The molecular weight excluding hydrogens is 460 g/mol. The van der Waals surface area contributed by atoms with Crippen molar-refractivity contribution in [2.75, 3.05) is 13.1 Å². The molecular formula is C26H30Cl2FN3O. The molecule has 2 aliphatic carbocycles. The molecule has 2 aromatic rings. The highest BCUT2D eigenvalue weighted by molar-refractivity contribution is 5.95. The second-order valence-corrected chi connectivity index (χ2v) is 8.06. The van der Waals surface area contributed by atoms with E-state index >= 15 is 0 Å². The van der Waals surface area contributed by atoms with Gasteiger partial charge in [-0.1, -0.05) is 37.3 Å². The Hall–Kier alpha value is -2.47. The Bertz CT molecular complexity index is 1070. The van der Waals surface area contributed by atoms with Crippen LogP contribution in [0.25, 0.3) is 11.1 Å². The zero-order valence-electron chi connectivity index (χ0n) is 18.7. The minimum atomic E-state index is -0.178. The summed E-state index contributed by atoms with van der Waals surface area (Å²) < 4.78 is 14.2. The highest BCUT2D eigenvalue weighted by atomic mass is 35.5. The molecule has 2 N–H and O–H groups in total. The molecule has 2 heterocycles. The number of carbonyl (C=O) groups excluding carboxylic acids is 1. The number of amides is 1. The lowest BCUT2D eigenvalue weighted by Gasteiger charge is -2.33. The number of piperidine rings is 1. The zero-order valence-corrected chi connectivity index (χ0v) is 20.3. The molecule has 0 unspecified atom stereocenters. The van der Waals surface area contributed by atoms with E-state index in [2.05, 4.69) is 29.2 Å². The first kappa shape index (κ1) is 26.8. The molecule has 1 aromatic heterocycles. The van der Waals surface area contributed by atoms with Crippen LogP contribution < -0.4 is 5.73 Å². The molecule has 3 aliphatic rings. The van der Waals surface area contributed by atoms with Crippen LogP contribution in [0.2, 0.25) is 0 Å². The lowest BCUT2D eigenvalue weighted by atomic mass is 9.88. The number of rotatable bonds is 4. The third kappa shape index (κ3) is 6.32. The first-order valence-electron chi connectivity index (χ1n) is 10.9. The quantitative estimate of drug-likeness (QED) is 0.395. The number of benzene rings is 2. The number of pyridine rings is 1. The van der Waals surface area contributed by atoms with Crippen molar-refractivity contribution >= 4 is 30.7 Å². The maximum absolute atomic E-state index is 14.2. The van der Waals surface area contributed by atoms with Crippen LogP contribution in [0.3, 0.4) is 0 Å². The summed E-state index contributed by atoms with van der Waals surface area (Å²) in [4.78, 5) is 18.9. The maximum Gasteiger partial charge on any atom is 0.255 e. The summed E-state index contributed by atoms with van der Waals surface area (Å²) in [6, 6.07) is 17.2. The Balaban J connectivity index is 0.000000412. The summed E-state index contributed by atoms with van der Waals surface area (Å²) in [7, 11) is 0. The molecule has 0 radical (unpaired) electrons. The number of aryl methyl sites for hydroxylation is 1. The van der Waals surface area contributed by atoms with Crippen molar-refractivity contribution in [1.29, 1.82) is 0 Å². The number of nitrogens with zero attached hydrogens (tertiary/aromatic N) is 2. The molecule has 1 aromatic carbocycles. The average Bonchev–Trinajstić information content (AvgIpc) is 3.43. The summed E-state index contributed by atoms with van der Waals surface area (Å²) in [6.45, 7) is 3.67. The van der Waals surface area contributed by atoms with Crippen LogP contribution in [-0.2, 0) is 13.0 Å². The zero-order chi connectivity index (χ0) is 21.8. The number of carbonyl (C=O) groups is 1. The third-order valence-electron chi connectivity index (χ3n) is 6.09. The van der Waals surface area contributed by atoms with E-state index in [9.17, 15) is 9.18 Å². The largest absolute Gasteiger partial charge is 0.339 e. The van der Waals surface area contributed by atoms with Crippen molar-refractivity contribution in [2.24, 2.45) is 5.73 Å². The number of aromatic nitrogens is 1. The van der Waals surface area contributed by atoms with Crippen molar-refractivity contribution in [3.8, 4) is 11.1 Å². The van der Waals surface area contributed by atoms with E-state index in [4.69, 9.17) is 5.73 Å². The van der Waals surface area contributed by atoms with Crippen molar-refractivity contribution < 1.29 is 9.18 Å². The number of fused-ring (bicyclic) bond motifs is 1. The van der Waals surface area contributed by atoms with Gasteiger partial charge in [0.1, 0.15) is 5.82 Å². The van der Waals surface area contributed by atoms with Crippen LogP contribution in [-0.4, -0.2) is 28.9 Å². The van der Waals surface area contributed by atoms with Gasteiger partial charge >= 0.3 is 0 Å². The lowest BCUT2D eigenvalue weighted by Crippen LogP contribution is -2.38. The smallest absolute Gasteiger partial charge is 0.255 e. The van der Waals surface area contributed by atoms with E-state index in [0.717, 1.165) is 36.1 Å². The first-order valence-corrected chi connectivity index (χ1v) is 10.9. The van der Waals surface area contributed by atoms with Gasteiger partial charge in [0.2, 0.25) is 0 Å². The molecule has 1 aliphatic heterocycles. The summed E-state index contributed by atoms with van der Waals surface area (Å²) in [5.41, 5.74) is 11.7. The standard InChI is InChI=1S/C20H24FN3O.C6H4.2ClH/c1-2-19-16(4-3-9-23-19)20(25)24-10-7-15(8-11-24)17-12-14(13-22)5-6-18(17)21;1-2-5-4-6(5)3-1;;/h3-6,9,12,15H,2,7-8,10-11,13,22H2,1H3;1-4H;2*1H. The Kier molecular flexibility index (Phi) is 9.84. The second kappa shape index (κ2) is 12.1. The Labute approximate surface area is 207 Å². The van der Waals surface area contributed by atoms with Crippen LogP contribution >= 0.6 is 24.8 Å². The van der Waals surface area contributed by atoms with Crippen molar-refractivity contribution in [3.63, 3.8) is 0 Å². The maximum atomic E-state index is 14.2. The fourth-order valence-corrected chi connectivity index (χ4v) is 4.19. The Morgan fingerprint density at radius 2 is 1.76 bits per heavy atom. The monoisotopic (exact) mass is 489 g/mol. The van der Waals surface area contributed by atoms with Gasteiger partial charge in [0.05, 0.1) is 11.3 Å². The predicted octanol–water partition coefficient (Wildman–Crippen LogP) is 5.77. The van der Waals surface area contributed by atoms with Gasteiger partial charge in [-0.3, -0.25) is 9.78 Å². The normalized spacial score (nSPS) is 13.7. The Morgan fingerprint density at radius 3 is 2.30 bits per heavy atom. The van der Waals surface area contributed by atoms with Gasteiger partial charge in [-0.25, -0.2) is 4.39 Å². The SMILES string of the molecule is CCc1ncccc1C(=O)N1CCC(c2cc(CN)ccc2F)CC1.Cl.Cl.c1cc2cc-2c1. The van der Waals surface area contributed by atoms with E-state index in [-0.39, 0.29) is 42.5 Å². The molecule has 1 saturated heterocycles. The fraction of sp³-hybridized carbons (Fsp3) is 0.308. The first-order chi connectivity index (χ1) is 15.1. The number of hydrogen-bond acceptors (Lipinski definition) is 3. The van der Waals surface area contributed by atoms with Gasteiger partial charge < -0.3 is 10.6 Å². The van der Waals surface area contributed by atoms with Gasteiger partial charge in [0, 0.05) is 25.8 Å². The number of likely N-dealkylation sites (tertiary alicyclic amines) is 1. The molecule has 176 valence electrons. The molecule has 5 rings (SSSR count). The topological polar surface area (TPSA) is 59.2 Å². The minimum Gasteiger partial charge on any atom is -0.339 e. The van der Waals surface area contributed by atoms with Crippen LogP contribution in [0.5, 0.6) is 0 Å². The molecule has 0 bridgehead atoms. The number of hydrogen-bond donors (Lipinski definition) is 1. The van der Waals surface area contributed by atoms with Crippen molar-refractivity contribution in [2.45, 2.75) is 38.6 Å². The number of halogens is 3. The second-order valence-electron chi connectivity index (χ2n) is 8.06. The highest BCUT2D eigenvalue weighted by Gasteiger charge is 2.27.